The van der Waals surface area contributed by atoms with Crippen molar-refractivity contribution in [3.8, 4) is 11.5 Å². The molecule has 0 unspecified atom stereocenters. The molecule has 0 bridgehead atoms. The Labute approximate surface area is 106 Å². The van der Waals surface area contributed by atoms with E-state index in [1.165, 1.54) is 36.4 Å². The molecule has 0 spiro atoms. The molecule has 0 fully saturated rings. The van der Waals surface area contributed by atoms with Crippen LogP contribution in [0.4, 0.5) is 8.78 Å². The van der Waals surface area contributed by atoms with Gasteiger partial charge in [0.25, 0.3) is 0 Å². The normalized spacial score (nSPS) is 10.3. The summed E-state index contributed by atoms with van der Waals surface area (Å²) in [5, 5.41) is 0.546. The van der Waals surface area contributed by atoms with Crippen LogP contribution in [-0.4, -0.2) is 0 Å². The van der Waals surface area contributed by atoms with Crippen molar-refractivity contribution < 1.29 is 13.5 Å². The zero-order valence-electron chi connectivity index (χ0n) is 8.79. The molecule has 2 aromatic carbocycles. The molecule has 0 aliphatic carbocycles. The molecular formula is C13H9BrF2O. The smallest absolute Gasteiger partial charge is 0.130 e. The van der Waals surface area contributed by atoms with Crippen LogP contribution in [0.3, 0.4) is 0 Å². The zero-order valence-corrected chi connectivity index (χ0v) is 10.4. The van der Waals surface area contributed by atoms with Gasteiger partial charge in [-0.15, -0.1) is 0 Å². The van der Waals surface area contributed by atoms with E-state index in [2.05, 4.69) is 15.9 Å². The fourth-order valence-corrected chi connectivity index (χ4v) is 1.72. The van der Waals surface area contributed by atoms with Crippen molar-refractivity contribution in [2.24, 2.45) is 0 Å². The van der Waals surface area contributed by atoms with Crippen molar-refractivity contribution in [2.75, 3.05) is 0 Å². The van der Waals surface area contributed by atoms with E-state index in [-0.39, 0.29) is 11.6 Å². The lowest BCUT2D eigenvalue weighted by Gasteiger charge is -2.07. The minimum Gasteiger partial charge on any atom is -0.457 e. The summed E-state index contributed by atoms with van der Waals surface area (Å²) < 4.78 is 31.3. The summed E-state index contributed by atoms with van der Waals surface area (Å²) in [6.07, 6.45) is 0. The van der Waals surface area contributed by atoms with Crippen LogP contribution in [-0.2, 0) is 5.33 Å². The third-order valence-corrected chi connectivity index (χ3v) is 2.78. The molecule has 0 aromatic heterocycles. The maximum atomic E-state index is 13.2. The number of hydrogen-bond donors (Lipinski definition) is 0. The maximum Gasteiger partial charge on any atom is 0.130 e. The van der Waals surface area contributed by atoms with Crippen LogP contribution in [0, 0.1) is 11.6 Å². The van der Waals surface area contributed by atoms with Gasteiger partial charge in [0.15, 0.2) is 0 Å². The number of hydrogen-bond acceptors (Lipinski definition) is 1. The van der Waals surface area contributed by atoms with Gasteiger partial charge >= 0.3 is 0 Å². The summed E-state index contributed by atoms with van der Waals surface area (Å²) in [5.74, 6) is 0.167. The second kappa shape index (κ2) is 5.27. The molecule has 0 saturated heterocycles. The van der Waals surface area contributed by atoms with E-state index in [1.807, 2.05) is 0 Å². The Bertz CT molecular complexity index is 511. The van der Waals surface area contributed by atoms with E-state index in [0.29, 0.717) is 16.8 Å². The van der Waals surface area contributed by atoms with Crippen LogP contribution < -0.4 is 4.74 Å². The second-order valence-corrected chi connectivity index (χ2v) is 4.05. The molecular weight excluding hydrogens is 290 g/mol. The second-order valence-electron chi connectivity index (χ2n) is 3.48. The Balaban J connectivity index is 2.23. The van der Waals surface area contributed by atoms with E-state index in [4.69, 9.17) is 4.74 Å². The van der Waals surface area contributed by atoms with Gasteiger partial charge in [-0.1, -0.05) is 15.9 Å². The molecule has 0 atom stereocenters. The number of benzene rings is 2. The van der Waals surface area contributed by atoms with Crippen molar-refractivity contribution in [3.05, 3.63) is 59.7 Å². The predicted molar refractivity (Wildman–Crippen MR) is 65.5 cm³/mol. The largest absolute Gasteiger partial charge is 0.457 e. The van der Waals surface area contributed by atoms with Crippen molar-refractivity contribution in [1.29, 1.82) is 0 Å². The summed E-state index contributed by atoms with van der Waals surface area (Å²) in [6.45, 7) is 0. The highest BCUT2D eigenvalue weighted by Gasteiger charge is 2.02. The van der Waals surface area contributed by atoms with Gasteiger partial charge in [0.05, 0.1) is 0 Å². The molecule has 4 heteroatoms. The molecule has 0 saturated carbocycles. The topological polar surface area (TPSA) is 9.23 Å². The molecule has 1 nitrogen and oxygen atoms in total. The third kappa shape index (κ3) is 3.27. The first kappa shape index (κ1) is 12.0. The highest BCUT2D eigenvalue weighted by molar-refractivity contribution is 9.08. The van der Waals surface area contributed by atoms with Crippen molar-refractivity contribution >= 4 is 15.9 Å². The highest BCUT2D eigenvalue weighted by atomic mass is 79.9. The van der Waals surface area contributed by atoms with Gasteiger partial charge in [0, 0.05) is 11.4 Å². The Morgan fingerprint density at radius 2 is 1.59 bits per heavy atom. The fraction of sp³-hybridized carbons (Fsp3) is 0.0769. The van der Waals surface area contributed by atoms with Crippen LogP contribution in [0.5, 0.6) is 11.5 Å². The third-order valence-electron chi connectivity index (χ3n) is 2.13. The van der Waals surface area contributed by atoms with E-state index in [0.717, 1.165) is 5.56 Å². The standard InChI is InChI=1S/C13H9BrF2O/c14-8-9-5-11(16)7-13(6-9)17-12-3-1-10(15)2-4-12/h1-7H,8H2. The van der Waals surface area contributed by atoms with Crippen LogP contribution in [0.15, 0.2) is 42.5 Å². The summed E-state index contributed by atoms with van der Waals surface area (Å²) in [7, 11) is 0. The molecule has 0 aliphatic heterocycles. The summed E-state index contributed by atoms with van der Waals surface area (Å²) in [5.41, 5.74) is 0.780. The van der Waals surface area contributed by atoms with Gasteiger partial charge < -0.3 is 4.74 Å². The van der Waals surface area contributed by atoms with Crippen LogP contribution >= 0.6 is 15.9 Å². The minimum absolute atomic E-state index is 0.335. The lowest BCUT2D eigenvalue weighted by molar-refractivity contribution is 0.474. The molecule has 17 heavy (non-hydrogen) atoms. The molecule has 0 amide bonds. The van der Waals surface area contributed by atoms with Crippen molar-refractivity contribution in [3.63, 3.8) is 0 Å². The first-order chi connectivity index (χ1) is 8.17. The summed E-state index contributed by atoms with van der Waals surface area (Å²) in [4.78, 5) is 0. The lowest BCUT2D eigenvalue weighted by atomic mass is 10.2. The molecule has 0 aliphatic rings. The van der Waals surface area contributed by atoms with Gasteiger partial charge in [-0.2, -0.15) is 0 Å². The first-order valence-corrected chi connectivity index (χ1v) is 6.08. The van der Waals surface area contributed by atoms with Gasteiger partial charge in [-0.3, -0.25) is 0 Å². The molecule has 2 aromatic rings. The monoisotopic (exact) mass is 298 g/mol. The van der Waals surface area contributed by atoms with E-state index < -0.39 is 0 Å². The average Bonchev–Trinajstić information content (AvgIpc) is 2.31. The van der Waals surface area contributed by atoms with Crippen LogP contribution in [0.1, 0.15) is 5.56 Å². The van der Waals surface area contributed by atoms with Crippen molar-refractivity contribution in [2.45, 2.75) is 5.33 Å². The maximum absolute atomic E-state index is 13.2. The number of alkyl halides is 1. The minimum atomic E-state index is -0.362. The fourth-order valence-electron chi connectivity index (χ4n) is 1.40. The number of halogens is 3. The zero-order chi connectivity index (χ0) is 12.3. The van der Waals surface area contributed by atoms with Gasteiger partial charge in [-0.25, -0.2) is 8.78 Å². The lowest BCUT2D eigenvalue weighted by Crippen LogP contribution is -1.88. The molecule has 2 rings (SSSR count). The molecule has 88 valence electrons. The van der Waals surface area contributed by atoms with Gasteiger partial charge in [0.1, 0.15) is 23.1 Å². The predicted octanol–water partition coefficient (Wildman–Crippen LogP) is 4.65. The Hall–Kier alpha value is -1.42. The van der Waals surface area contributed by atoms with E-state index >= 15 is 0 Å². The molecule has 0 heterocycles. The Kier molecular flexibility index (Phi) is 3.74. The Morgan fingerprint density at radius 1 is 0.882 bits per heavy atom. The number of rotatable bonds is 3. The molecule has 0 N–H and O–H groups in total. The van der Waals surface area contributed by atoms with Gasteiger partial charge in [-0.05, 0) is 42.0 Å². The van der Waals surface area contributed by atoms with E-state index in [1.54, 1.807) is 6.07 Å². The SMILES string of the molecule is Fc1ccc(Oc2cc(F)cc(CBr)c2)cc1. The molecule has 0 radical (unpaired) electrons. The first-order valence-electron chi connectivity index (χ1n) is 4.96. The quantitative estimate of drug-likeness (QED) is 0.749. The van der Waals surface area contributed by atoms with Crippen LogP contribution in [0.2, 0.25) is 0 Å². The van der Waals surface area contributed by atoms with E-state index in [9.17, 15) is 8.78 Å². The number of ether oxygens (including phenoxy) is 1. The van der Waals surface area contributed by atoms with Gasteiger partial charge in [0.2, 0.25) is 0 Å². The summed E-state index contributed by atoms with van der Waals surface area (Å²) >= 11 is 3.25. The highest BCUT2D eigenvalue weighted by Crippen LogP contribution is 2.24. The average molecular weight is 299 g/mol. The van der Waals surface area contributed by atoms with Crippen molar-refractivity contribution in [1.82, 2.24) is 0 Å². The Morgan fingerprint density at radius 3 is 2.24 bits per heavy atom. The summed E-state index contributed by atoms with van der Waals surface area (Å²) in [6, 6.07) is 10.0. The van der Waals surface area contributed by atoms with Crippen LogP contribution in [0.25, 0.3) is 0 Å².